The fraction of sp³-hybridized carbons (Fsp3) is 0.100. The van der Waals surface area contributed by atoms with Crippen molar-refractivity contribution in [2.75, 3.05) is 5.32 Å². The maximum atomic E-state index is 11.8. The molecular weight excluding hydrogens is 364 g/mol. The van der Waals surface area contributed by atoms with Gasteiger partial charge in [-0.2, -0.15) is 0 Å². The monoisotopic (exact) mass is 384 g/mol. The van der Waals surface area contributed by atoms with E-state index >= 15 is 0 Å². The van der Waals surface area contributed by atoms with Crippen LogP contribution in [0.3, 0.4) is 0 Å². The molecular formula is C20H20N2O4S. The lowest BCUT2D eigenvalue weighted by Gasteiger charge is -2.05. The zero-order valence-electron chi connectivity index (χ0n) is 15.0. The Kier molecular flexibility index (Phi) is 6.81. The summed E-state index contributed by atoms with van der Waals surface area (Å²) in [4.78, 5) is 11.6. The van der Waals surface area contributed by atoms with Gasteiger partial charge in [0.1, 0.15) is 22.9 Å². The van der Waals surface area contributed by atoms with E-state index in [1.54, 1.807) is 24.3 Å². The molecule has 0 bridgehead atoms. The zero-order chi connectivity index (χ0) is 19.9. The van der Waals surface area contributed by atoms with Crippen LogP contribution in [0.5, 0.6) is 0 Å². The Labute approximate surface area is 158 Å². The smallest absolute Gasteiger partial charge is 0.255 e. The standard InChI is InChI=1S/C13H12N2O.C7H8O3S/c1-15-9-5-8-12(10-15)14-13(16)11-6-3-2-4-7-11;1-6-2-4-7(5-3-6)11(8,9)10/h2-10H,1H3;2-5H,1H3,(H,8,9,10). The van der Waals surface area contributed by atoms with Crippen molar-refractivity contribution in [3.05, 3.63) is 90.3 Å². The van der Waals surface area contributed by atoms with E-state index in [4.69, 9.17) is 0 Å². The molecule has 2 aromatic carbocycles. The molecule has 1 heterocycles. The molecule has 0 atom stereocenters. The van der Waals surface area contributed by atoms with Gasteiger partial charge in [0.05, 0.1) is 4.90 Å². The van der Waals surface area contributed by atoms with Gasteiger partial charge < -0.3 is 9.87 Å². The topological polar surface area (TPSA) is 90.2 Å². The number of pyridine rings is 1. The summed E-state index contributed by atoms with van der Waals surface area (Å²) in [6.45, 7) is 1.82. The largest absolute Gasteiger partial charge is 0.744 e. The van der Waals surface area contributed by atoms with Gasteiger partial charge in [-0.1, -0.05) is 35.9 Å². The minimum Gasteiger partial charge on any atom is -0.744 e. The van der Waals surface area contributed by atoms with Crippen molar-refractivity contribution < 1.29 is 22.3 Å². The van der Waals surface area contributed by atoms with Crippen LogP contribution < -0.4 is 9.88 Å². The second-order valence-corrected chi connectivity index (χ2v) is 7.23. The van der Waals surface area contributed by atoms with Crippen LogP contribution in [0.15, 0.2) is 84.0 Å². The molecule has 140 valence electrons. The van der Waals surface area contributed by atoms with Crippen LogP contribution in [0.25, 0.3) is 0 Å². The molecule has 0 unspecified atom stereocenters. The predicted octanol–water partition coefficient (Wildman–Crippen LogP) is 2.66. The molecule has 7 heteroatoms. The number of anilines is 1. The summed E-state index contributed by atoms with van der Waals surface area (Å²) in [5, 5.41) is 2.84. The highest BCUT2D eigenvalue weighted by molar-refractivity contribution is 7.85. The molecule has 0 aliphatic carbocycles. The molecule has 0 aliphatic heterocycles. The van der Waals surface area contributed by atoms with E-state index in [1.807, 2.05) is 61.3 Å². The first-order valence-electron chi connectivity index (χ1n) is 8.10. The van der Waals surface area contributed by atoms with E-state index in [0.717, 1.165) is 11.3 Å². The first-order chi connectivity index (χ1) is 12.8. The number of aromatic nitrogens is 1. The molecule has 1 N–H and O–H groups in total. The van der Waals surface area contributed by atoms with E-state index in [2.05, 4.69) is 5.32 Å². The highest BCUT2D eigenvalue weighted by atomic mass is 32.2. The molecule has 3 aromatic rings. The highest BCUT2D eigenvalue weighted by Gasteiger charge is 2.06. The number of rotatable bonds is 3. The number of amides is 1. The van der Waals surface area contributed by atoms with Gasteiger partial charge in [0, 0.05) is 11.6 Å². The van der Waals surface area contributed by atoms with Crippen molar-refractivity contribution in [1.29, 1.82) is 0 Å². The Morgan fingerprint density at radius 2 is 1.59 bits per heavy atom. The normalized spacial score (nSPS) is 10.5. The van der Waals surface area contributed by atoms with Crippen LogP contribution in [0.1, 0.15) is 15.9 Å². The Balaban J connectivity index is 0.000000208. The minimum atomic E-state index is -4.27. The fourth-order valence-corrected chi connectivity index (χ4v) is 2.63. The molecule has 6 nitrogen and oxygen atoms in total. The van der Waals surface area contributed by atoms with Gasteiger partial charge in [0.2, 0.25) is 0 Å². The Bertz CT molecular complexity index is 1000. The van der Waals surface area contributed by atoms with Gasteiger partial charge in [-0.25, -0.2) is 13.0 Å². The summed E-state index contributed by atoms with van der Waals surface area (Å²) in [6.07, 6.45) is 3.78. The molecule has 1 amide bonds. The van der Waals surface area contributed by atoms with Crippen molar-refractivity contribution in [2.24, 2.45) is 7.05 Å². The lowest BCUT2D eigenvalue weighted by atomic mass is 10.2. The summed E-state index contributed by atoms with van der Waals surface area (Å²) >= 11 is 0. The summed E-state index contributed by atoms with van der Waals surface area (Å²) in [6, 6.07) is 18.7. The number of aryl methyl sites for hydroxylation is 2. The number of nitrogens with one attached hydrogen (secondary N) is 1. The summed E-state index contributed by atoms with van der Waals surface area (Å²) < 4.78 is 33.1. The van der Waals surface area contributed by atoms with Crippen LogP contribution in [0.2, 0.25) is 0 Å². The fourth-order valence-electron chi connectivity index (χ4n) is 2.16. The number of nitrogens with zero attached hydrogens (tertiary/aromatic N) is 1. The van der Waals surface area contributed by atoms with Gasteiger partial charge in [0.25, 0.3) is 5.91 Å². The lowest BCUT2D eigenvalue weighted by molar-refractivity contribution is -0.670. The molecule has 0 saturated carbocycles. The van der Waals surface area contributed by atoms with Gasteiger partial charge >= 0.3 is 0 Å². The average molecular weight is 384 g/mol. The third-order valence-electron chi connectivity index (χ3n) is 3.54. The summed E-state index contributed by atoms with van der Waals surface area (Å²) in [7, 11) is -2.35. The van der Waals surface area contributed by atoms with Crippen molar-refractivity contribution in [2.45, 2.75) is 11.8 Å². The van der Waals surface area contributed by atoms with E-state index < -0.39 is 10.1 Å². The molecule has 0 spiro atoms. The van der Waals surface area contributed by atoms with Gasteiger partial charge in [-0.05, 0) is 37.3 Å². The number of benzene rings is 2. The van der Waals surface area contributed by atoms with Crippen molar-refractivity contribution >= 4 is 21.7 Å². The molecule has 27 heavy (non-hydrogen) atoms. The second kappa shape index (κ2) is 9.07. The number of carbonyl (C=O) groups excluding carboxylic acids is 1. The van der Waals surface area contributed by atoms with Crippen LogP contribution in [-0.2, 0) is 17.2 Å². The lowest BCUT2D eigenvalue weighted by Crippen LogP contribution is -2.27. The first-order valence-corrected chi connectivity index (χ1v) is 9.51. The van der Waals surface area contributed by atoms with Crippen molar-refractivity contribution in [1.82, 2.24) is 0 Å². The first kappa shape index (κ1) is 20.3. The minimum absolute atomic E-state index is 0.0909. The summed E-state index contributed by atoms with van der Waals surface area (Å²) in [5.74, 6) is -0.0909. The van der Waals surface area contributed by atoms with Crippen molar-refractivity contribution in [3.8, 4) is 0 Å². The second-order valence-electron chi connectivity index (χ2n) is 5.85. The van der Waals surface area contributed by atoms with Crippen LogP contribution in [0, 0.1) is 6.92 Å². The Morgan fingerprint density at radius 1 is 0.963 bits per heavy atom. The molecule has 3 rings (SSSR count). The van der Waals surface area contributed by atoms with E-state index in [-0.39, 0.29) is 10.8 Å². The third kappa shape index (κ3) is 6.65. The maximum absolute atomic E-state index is 11.8. The zero-order valence-corrected chi connectivity index (χ0v) is 15.8. The molecule has 0 saturated heterocycles. The third-order valence-corrected chi connectivity index (χ3v) is 4.39. The number of hydrogen-bond donors (Lipinski definition) is 1. The van der Waals surface area contributed by atoms with Crippen LogP contribution in [0.4, 0.5) is 5.69 Å². The van der Waals surface area contributed by atoms with E-state index in [1.165, 1.54) is 12.1 Å². The molecule has 0 aliphatic rings. The van der Waals surface area contributed by atoms with E-state index in [9.17, 15) is 17.8 Å². The maximum Gasteiger partial charge on any atom is 0.255 e. The highest BCUT2D eigenvalue weighted by Crippen LogP contribution is 2.08. The SMILES string of the molecule is C[n+]1cccc(NC(=O)c2ccccc2)c1.Cc1ccc(S(=O)(=O)[O-])cc1. The Morgan fingerprint density at radius 3 is 2.15 bits per heavy atom. The number of carbonyl (C=O) groups is 1. The molecule has 0 radical (unpaired) electrons. The molecule has 0 fully saturated rings. The Hall–Kier alpha value is -3.03. The molecule has 1 aromatic heterocycles. The van der Waals surface area contributed by atoms with Crippen LogP contribution >= 0.6 is 0 Å². The van der Waals surface area contributed by atoms with Gasteiger partial charge in [-0.15, -0.1) is 0 Å². The van der Waals surface area contributed by atoms with Gasteiger partial charge in [0.15, 0.2) is 12.4 Å². The quantitative estimate of drug-likeness (QED) is 0.555. The predicted molar refractivity (Wildman–Crippen MR) is 101 cm³/mol. The van der Waals surface area contributed by atoms with Crippen LogP contribution in [-0.4, -0.2) is 18.9 Å². The van der Waals surface area contributed by atoms with Gasteiger partial charge in [-0.3, -0.25) is 4.79 Å². The van der Waals surface area contributed by atoms with Crippen molar-refractivity contribution in [3.63, 3.8) is 0 Å². The summed E-state index contributed by atoms with van der Waals surface area (Å²) in [5.41, 5.74) is 2.38. The van der Waals surface area contributed by atoms with E-state index in [0.29, 0.717) is 5.56 Å². The number of hydrogen-bond acceptors (Lipinski definition) is 4. The average Bonchev–Trinajstić information content (AvgIpc) is 2.62.